The van der Waals surface area contributed by atoms with Gasteiger partial charge in [-0.2, -0.15) is 35.2 Å². The van der Waals surface area contributed by atoms with Crippen molar-refractivity contribution in [2.45, 2.75) is 257 Å². The predicted octanol–water partition coefficient (Wildman–Crippen LogP) is 16.6. The summed E-state index contributed by atoms with van der Waals surface area (Å²) in [5.74, 6) is 3.70. The van der Waals surface area contributed by atoms with Crippen LogP contribution in [-0.4, -0.2) is 137 Å². The second-order valence-electron chi connectivity index (χ2n) is 33.9. The maximum atomic E-state index is 14.0. The summed E-state index contributed by atoms with van der Waals surface area (Å²) in [7, 11) is -4.69. The lowest BCUT2D eigenvalue weighted by atomic mass is 9.73. The summed E-state index contributed by atoms with van der Waals surface area (Å²) in [5, 5.41) is 11.0. The molecule has 590 valence electrons. The minimum Gasteiger partial charge on any atom is -0.399 e. The zero-order valence-corrected chi connectivity index (χ0v) is 70.7. The number of rotatable bonds is 14. The average molecular weight is 1570 g/mol. The molecule has 5 fully saturated rings. The third kappa shape index (κ3) is 14.5. The molecule has 4 bridgehead atoms. The van der Waals surface area contributed by atoms with Crippen molar-refractivity contribution in [2.24, 2.45) is 0 Å². The molecule has 7 aliphatic rings. The zero-order chi connectivity index (χ0) is 79.5. The molecule has 0 aliphatic carbocycles. The molecule has 0 N–H and O–H groups in total. The molecule has 6 aromatic carbocycles. The molecule has 2 unspecified atom stereocenters. The number of ether oxygens (including phenoxy) is 2. The Balaban J connectivity index is 0.000000141. The van der Waals surface area contributed by atoms with Crippen molar-refractivity contribution in [3.63, 3.8) is 0 Å². The molecule has 0 saturated carbocycles. The van der Waals surface area contributed by atoms with E-state index in [1.807, 2.05) is 107 Å². The van der Waals surface area contributed by atoms with E-state index in [2.05, 4.69) is 120 Å². The van der Waals surface area contributed by atoms with Gasteiger partial charge in [-0.05, 0) is 240 Å². The fourth-order valence-corrected chi connectivity index (χ4v) is 21.0. The summed E-state index contributed by atoms with van der Waals surface area (Å²) in [6.45, 7) is 36.4. The van der Waals surface area contributed by atoms with Gasteiger partial charge in [0.05, 0.1) is 67.0 Å². The van der Waals surface area contributed by atoms with Gasteiger partial charge in [0.15, 0.2) is 5.82 Å². The highest BCUT2D eigenvalue weighted by molar-refractivity contribution is 7.90. The summed E-state index contributed by atoms with van der Waals surface area (Å²) < 4.78 is 81.1. The number of methoxy groups -OCH3 is 2. The van der Waals surface area contributed by atoms with Crippen LogP contribution in [0.25, 0.3) is 33.2 Å². The van der Waals surface area contributed by atoms with Gasteiger partial charge >= 0.3 is 7.12 Å². The van der Waals surface area contributed by atoms with E-state index in [0.29, 0.717) is 75.6 Å². The van der Waals surface area contributed by atoms with Crippen molar-refractivity contribution >= 4 is 89.0 Å². The zero-order valence-electron chi connectivity index (χ0n) is 68.3. The van der Waals surface area contributed by atoms with E-state index in [9.17, 15) is 16.8 Å². The maximum absolute atomic E-state index is 14.0. The standard InChI is InChI=1S/C41H48N6O3S.C25H33ClN4O.C22H27BN2O4S/c1-24(2)29-12-10-26(4)37(20-29)45-19-18-35-34(23-45)41(46-30-13-14-31(46)22-32(21-30)50-7)43-40(42-35)38-27(5)11-17-36-39(38)28(6)44-47(36)51(48,49)33-15-8-25(3)9-16-33;1-15(2)17-6-5-16(3)23(11-17)29-10-9-22-21(14-29)24(28-25(26)27-22)30-18-7-8-19(30)13-20(12-18)31-4;1-14-8-11-17(12-9-14)30(26,27)25-18-13-10-15(2)20(19(18)16(3)24-25)23-28-21(4,5)22(6,7)29-23/h8-12,15-17,20,24,30-32H,13-14,18-19,21-23H2,1-7H3;5-6,11,15,18-20H,7-10,12-14H2,1-4H3;8-13H,1-7H3/t30-,31+,32?;18-,19+,20?;. The lowest BCUT2D eigenvalue weighted by molar-refractivity contribution is 0.00578. The van der Waals surface area contributed by atoms with Crippen molar-refractivity contribution in [1.82, 2.24) is 38.3 Å². The Labute approximate surface area is 667 Å². The van der Waals surface area contributed by atoms with Gasteiger partial charge in [0, 0.05) is 116 Å². The Kier molecular flexibility index (Phi) is 21.5. The smallest absolute Gasteiger partial charge is 0.399 e. The van der Waals surface area contributed by atoms with Crippen LogP contribution in [0.3, 0.4) is 0 Å². The molecule has 0 spiro atoms. The molecular formula is C88H108BClN12O8S2. The van der Waals surface area contributed by atoms with E-state index in [-0.39, 0.29) is 15.9 Å². The Morgan fingerprint density at radius 1 is 0.500 bits per heavy atom. The molecule has 20 nitrogen and oxygen atoms in total. The molecule has 11 heterocycles. The summed E-state index contributed by atoms with van der Waals surface area (Å²) in [5.41, 5.74) is 19.5. The number of aryl methyl sites for hydroxylation is 8. The van der Waals surface area contributed by atoms with Crippen LogP contribution in [0.4, 0.5) is 23.0 Å². The van der Waals surface area contributed by atoms with Crippen LogP contribution in [0.5, 0.6) is 0 Å². The molecule has 10 aromatic rings. The second-order valence-corrected chi connectivity index (χ2v) is 37.8. The monoisotopic (exact) mass is 1570 g/mol. The number of hydrogen-bond acceptors (Lipinski definition) is 18. The number of fused-ring (bicyclic) bond motifs is 8. The third-order valence-electron chi connectivity index (χ3n) is 25.3. The van der Waals surface area contributed by atoms with Crippen molar-refractivity contribution in [3.05, 3.63) is 193 Å². The van der Waals surface area contributed by atoms with Crippen LogP contribution in [0.2, 0.25) is 5.28 Å². The normalized spacial score (nSPS) is 21.2. The van der Waals surface area contributed by atoms with Gasteiger partial charge in [0.25, 0.3) is 20.0 Å². The summed E-state index contributed by atoms with van der Waals surface area (Å²) in [6.07, 6.45) is 11.1. The fraction of sp³-hybridized carbons (Fsp3) is 0.477. The first kappa shape index (κ1) is 79.0. The van der Waals surface area contributed by atoms with E-state index in [0.717, 1.165) is 149 Å². The highest BCUT2D eigenvalue weighted by Gasteiger charge is 2.53. The topological polar surface area (TPSA) is 205 Å². The molecule has 7 aliphatic heterocycles. The van der Waals surface area contributed by atoms with Crippen molar-refractivity contribution < 1.29 is 35.6 Å². The molecule has 24 heteroatoms. The first-order valence-corrected chi connectivity index (χ1v) is 43.3. The number of benzene rings is 6. The summed E-state index contributed by atoms with van der Waals surface area (Å²) in [6, 6.07) is 36.7. The van der Waals surface area contributed by atoms with Crippen LogP contribution in [-0.2, 0) is 64.8 Å². The molecule has 5 saturated heterocycles. The van der Waals surface area contributed by atoms with Crippen LogP contribution in [0.1, 0.15) is 197 Å². The van der Waals surface area contributed by atoms with Gasteiger partial charge in [0.2, 0.25) is 5.28 Å². The van der Waals surface area contributed by atoms with E-state index in [1.54, 1.807) is 42.5 Å². The minimum absolute atomic E-state index is 0.204. The first-order valence-electron chi connectivity index (χ1n) is 40.0. The Bertz CT molecular complexity index is 5470. The van der Waals surface area contributed by atoms with Crippen molar-refractivity contribution in [1.29, 1.82) is 0 Å². The lowest BCUT2D eigenvalue weighted by Crippen LogP contribution is -2.47. The third-order valence-corrected chi connectivity index (χ3v) is 28.7. The Morgan fingerprint density at radius 3 is 1.34 bits per heavy atom. The minimum atomic E-state index is -3.93. The maximum Gasteiger partial charge on any atom is 0.495 e. The molecule has 112 heavy (non-hydrogen) atoms. The van der Waals surface area contributed by atoms with Crippen molar-refractivity contribution in [3.8, 4) is 11.4 Å². The predicted molar refractivity (Wildman–Crippen MR) is 448 cm³/mol. The first-order chi connectivity index (χ1) is 53.2. The number of anilines is 4. The van der Waals surface area contributed by atoms with Crippen LogP contribution >= 0.6 is 11.6 Å². The van der Waals surface area contributed by atoms with Gasteiger partial charge in [-0.15, -0.1) is 0 Å². The highest BCUT2D eigenvalue weighted by atomic mass is 35.5. The van der Waals surface area contributed by atoms with Gasteiger partial charge < -0.3 is 38.4 Å². The molecule has 6 atom stereocenters. The number of nitrogens with zero attached hydrogens (tertiary/aromatic N) is 12. The second kappa shape index (κ2) is 30.5. The van der Waals surface area contributed by atoms with Crippen molar-refractivity contribution in [2.75, 3.05) is 46.9 Å². The Hall–Kier alpha value is -8.29. The highest BCUT2D eigenvalue weighted by Crippen LogP contribution is 2.47. The molecule has 0 amide bonds. The summed E-state index contributed by atoms with van der Waals surface area (Å²) >= 11 is 6.42. The van der Waals surface area contributed by atoms with Crippen LogP contribution in [0.15, 0.2) is 119 Å². The number of piperidine rings is 2. The van der Waals surface area contributed by atoms with Gasteiger partial charge in [-0.25, -0.2) is 19.9 Å². The van der Waals surface area contributed by atoms with Gasteiger partial charge in [-0.1, -0.05) is 105 Å². The van der Waals surface area contributed by atoms with E-state index >= 15 is 0 Å². The van der Waals surface area contributed by atoms with Crippen LogP contribution in [0, 0.1) is 55.4 Å². The molecular weight excluding hydrogens is 1460 g/mol. The number of hydrogen-bond donors (Lipinski definition) is 0. The lowest BCUT2D eigenvalue weighted by Gasteiger charge is -2.42. The molecule has 17 rings (SSSR count). The SMILES string of the molecule is COC1C[C@H]2CC[C@@H](C1)N2c1nc(-c2c(C)ccc3c2c(C)nn3S(=O)(=O)c2ccc(C)cc2)nc2c1CN(c1cc(C(C)C)ccc1C)CC2.COC1C[C@H]2CC[C@@H](C1)N2c1nc(Cl)nc2c1CN(c1cc(C(C)C)ccc1C)CC2.Cc1ccc(S(=O)(=O)n2nc(C)c3c(B4OC(C)(C)C(C)(C)O4)c(C)ccc32)cc1. The molecule has 0 radical (unpaired) electrons. The Morgan fingerprint density at radius 2 is 0.902 bits per heavy atom. The quantitative estimate of drug-likeness (QED) is 0.0733. The molecule has 4 aromatic heterocycles. The number of aromatic nitrogens is 8. The van der Waals surface area contributed by atoms with Crippen LogP contribution < -0.4 is 25.1 Å². The number of halogens is 1. The summed E-state index contributed by atoms with van der Waals surface area (Å²) in [4.78, 5) is 30.9. The van der Waals surface area contributed by atoms with E-state index < -0.39 is 38.4 Å². The van der Waals surface area contributed by atoms with E-state index in [1.165, 1.54) is 61.7 Å². The van der Waals surface area contributed by atoms with Gasteiger partial charge in [-0.3, -0.25) is 0 Å². The largest absolute Gasteiger partial charge is 0.495 e. The average Bonchev–Trinajstić information content (AvgIpc) is 1.55. The van der Waals surface area contributed by atoms with Gasteiger partial charge in [0.1, 0.15) is 11.6 Å². The van der Waals surface area contributed by atoms with E-state index in [4.69, 9.17) is 45.3 Å². The fourth-order valence-electron chi connectivity index (χ4n) is 18.2.